The van der Waals surface area contributed by atoms with Gasteiger partial charge < -0.3 is 14.4 Å². The van der Waals surface area contributed by atoms with Crippen LogP contribution in [0, 0.1) is 0 Å². The van der Waals surface area contributed by atoms with E-state index in [1.54, 1.807) is 20.3 Å². The lowest BCUT2D eigenvalue weighted by atomic mass is 10.4. The molecule has 0 aliphatic carbocycles. The summed E-state index contributed by atoms with van der Waals surface area (Å²) in [6, 6.07) is 0. The molecule has 13 heavy (non-hydrogen) atoms. The van der Waals surface area contributed by atoms with E-state index >= 15 is 0 Å². The number of hydrogen-bond donors (Lipinski definition) is 0. The van der Waals surface area contributed by atoms with Gasteiger partial charge in [0.1, 0.15) is 5.82 Å². The van der Waals surface area contributed by atoms with Crippen molar-refractivity contribution >= 4 is 5.90 Å². The fourth-order valence-corrected chi connectivity index (χ4v) is 1.09. The Bertz CT molecular complexity index is 279. The molecular formula is C9H14N2O2. The molecule has 1 aliphatic rings. The van der Waals surface area contributed by atoms with Gasteiger partial charge in [-0.05, 0) is 13.0 Å². The molecule has 0 spiro atoms. The second-order valence-electron chi connectivity index (χ2n) is 2.55. The van der Waals surface area contributed by atoms with Gasteiger partial charge in [0.25, 0.3) is 0 Å². The third kappa shape index (κ3) is 1.83. The quantitative estimate of drug-likeness (QED) is 0.613. The van der Waals surface area contributed by atoms with Crippen molar-refractivity contribution in [3.63, 3.8) is 0 Å². The van der Waals surface area contributed by atoms with Gasteiger partial charge in [-0.1, -0.05) is 0 Å². The van der Waals surface area contributed by atoms with Crippen molar-refractivity contribution < 1.29 is 9.47 Å². The molecule has 0 N–H and O–H groups in total. The molecule has 0 radical (unpaired) electrons. The maximum atomic E-state index is 5.15. The fraction of sp³-hybridized carbons (Fsp3) is 0.444. The third-order valence-electron chi connectivity index (χ3n) is 1.82. The lowest BCUT2D eigenvalue weighted by Gasteiger charge is -2.24. The van der Waals surface area contributed by atoms with E-state index in [2.05, 4.69) is 4.99 Å². The normalized spacial score (nSPS) is 19.7. The summed E-state index contributed by atoms with van der Waals surface area (Å²) in [5.41, 5.74) is 0. The molecule has 0 aromatic heterocycles. The van der Waals surface area contributed by atoms with Gasteiger partial charge in [0, 0.05) is 7.05 Å². The first-order chi connectivity index (χ1) is 6.22. The van der Waals surface area contributed by atoms with Crippen LogP contribution in [0.25, 0.3) is 0 Å². The van der Waals surface area contributed by atoms with Crippen molar-refractivity contribution in [1.29, 1.82) is 0 Å². The summed E-state index contributed by atoms with van der Waals surface area (Å²) in [5, 5.41) is 0. The van der Waals surface area contributed by atoms with E-state index < -0.39 is 0 Å². The van der Waals surface area contributed by atoms with Gasteiger partial charge in [0.05, 0.1) is 20.3 Å². The molecule has 0 unspecified atom stereocenters. The number of aliphatic imine (C=N–C) groups is 1. The van der Waals surface area contributed by atoms with Crippen LogP contribution in [0.1, 0.15) is 6.92 Å². The Morgan fingerprint density at radius 3 is 2.54 bits per heavy atom. The van der Waals surface area contributed by atoms with Crippen LogP contribution >= 0.6 is 0 Å². The second kappa shape index (κ2) is 3.98. The molecule has 0 saturated carbocycles. The van der Waals surface area contributed by atoms with Crippen LogP contribution in [0.5, 0.6) is 0 Å². The van der Waals surface area contributed by atoms with E-state index in [1.807, 2.05) is 24.9 Å². The summed E-state index contributed by atoms with van der Waals surface area (Å²) in [6.45, 7) is 1.92. The number of nitrogens with zero attached hydrogens (tertiary/aromatic N) is 2. The predicted molar refractivity (Wildman–Crippen MR) is 51.1 cm³/mol. The molecule has 0 atom stereocenters. The highest BCUT2D eigenvalue weighted by Crippen LogP contribution is 2.17. The van der Waals surface area contributed by atoms with Crippen LogP contribution in [0.2, 0.25) is 0 Å². The third-order valence-corrected chi connectivity index (χ3v) is 1.82. The van der Waals surface area contributed by atoms with Crippen LogP contribution in [0.4, 0.5) is 0 Å². The first-order valence-electron chi connectivity index (χ1n) is 4.01. The smallest absolute Gasteiger partial charge is 0.220 e. The van der Waals surface area contributed by atoms with E-state index in [1.165, 1.54) is 0 Å². The maximum Gasteiger partial charge on any atom is 0.220 e. The Hall–Kier alpha value is -1.45. The van der Waals surface area contributed by atoms with Crippen LogP contribution in [-0.2, 0) is 9.47 Å². The first-order valence-corrected chi connectivity index (χ1v) is 4.01. The average molecular weight is 182 g/mol. The van der Waals surface area contributed by atoms with Gasteiger partial charge >= 0.3 is 0 Å². The molecule has 0 saturated heterocycles. The summed E-state index contributed by atoms with van der Waals surface area (Å²) in [6.07, 6.45) is 3.64. The highest BCUT2D eigenvalue weighted by Gasteiger charge is 2.16. The molecule has 0 fully saturated rings. The highest BCUT2D eigenvalue weighted by molar-refractivity contribution is 5.89. The van der Waals surface area contributed by atoms with Gasteiger partial charge in [-0.3, -0.25) is 0 Å². The summed E-state index contributed by atoms with van der Waals surface area (Å²) < 4.78 is 10.2. The van der Waals surface area contributed by atoms with Crippen LogP contribution in [0.3, 0.4) is 0 Å². The molecule has 1 heterocycles. The monoisotopic (exact) mass is 182 g/mol. The summed E-state index contributed by atoms with van der Waals surface area (Å²) in [4.78, 5) is 6.07. The molecule has 4 nitrogen and oxygen atoms in total. The molecule has 0 bridgehead atoms. The molecular weight excluding hydrogens is 168 g/mol. The van der Waals surface area contributed by atoms with E-state index in [-0.39, 0.29) is 0 Å². The largest absolute Gasteiger partial charge is 0.482 e. The zero-order valence-corrected chi connectivity index (χ0v) is 8.37. The van der Waals surface area contributed by atoms with Gasteiger partial charge in [-0.15, -0.1) is 0 Å². The predicted octanol–water partition coefficient (Wildman–Crippen LogP) is 1.33. The lowest BCUT2D eigenvalue weighted by Crippen LogP contribution is -2.23. The fourth-order valence-electron chi connectivity index (χ4n) is 1.09. The Morgan fingerprint density at radius 1 is 1.38 bits per heavy atom. The molecule has 0 amide bonds. The summed E-state index contributed by atoms with van der Waals surface area (Å²) in [7, 11) is 5.09. The number of ether oxygens (including phenoxy) is 2. The maximum absolute atomic E-state index is 5.15. The molecule has 72 valence electrons. The van der Waals surface area contributed by atoms with Crippen molar-refractivity contribution in [2.24, 2.45) is 4.99 Å². The SMILES string of the molecule is CC=C1N=C(OC)C=C(OC)N1C. The van der Waals surface area contributed by atoms with Crippen molar-refractivity contribution in [3.8, 4) is 0 Å². The van der Waals surface area contributed by atoms with Crippen LogP contribution in [0.15, 0.2) is 28.8 Å². The van der Waals surface area contributed by atoms with Gasteiger partial charge in [0.2, 0.25) is 5.90 Å². The average Bonchev–Trinajstić information content (AvgIpc) is 2.18. The molecule has 1 aliphatic heterocycles. The topological polar surface area (TPSA) is 34.1 Å². The van der Waals surface area contributed by atoms with Crippen LogP contribution < -0.4 is 0 Å². The number of hydrogen-bond acceptors (Lipinski definition) is 4. The minimum Gasteiger partial charge on any atom is -0.482 e. The van der Waals surface area contributed by atoms with Crippen molar-refractivity contribution in [1.82, 2.24) is 4.90 Å². The van der Waals surface area contributed by atoms with E-state index in [4.69, 9.17) is 9.47 Å². The second-order valence-corrected chi connectivity index (χ2v) is 2.55. The molecule has 0 aromatic carbocycles. The highest BCUT2D eigenvalue weighted by atomic mass is 16.5. The van der Waals surface area contributed by atoms with Gasteiger partial charge in [-0.2, -0.15) is 4.99 Å². The Kier molecular flexibility index (Phi) is 2.95. The summed E-state index contributed by atoms with van der Waals surface area (Å²) >= 11 is 0. The van der Waals surface area contributed by atoms with E-state index in [0.29, 0.717) is 5.90 Å². The van der Waals surface area contributed by atoms with Crippen molar-refractivity contribution in [2.75, 3.05) is 21.3 Å². The van der Waals surface area contributed by atoms with Crippen LogP contribution in [-0.4, -0.2) is 32.1 Å². The zero-order valence-electron chi connectivity index (χ0n) is 8.37. The Morgan fingerprint density at radius 2 is 2.08 bits per heavy atom. The Balaban J connectivity index is 2.99. The molecule has 4 heteroatoms. The number of rotatable bonds is 1. The Labute approximate surface area is 78.2 Å². The minimum atomic E-state index is 0.558. The molecule has 0 aromatic rings. The van der Waals surface area contributed by atoms with E-state index in [0.717, 1.165) is 11.7 Å². The van der Waals surface area contributed by atoms with Crippen molar-refractivity contribution in [3.05, 3.63) is 23.9 Å². The molecule has 1 rings (SSSR count). The lowest BCUT2D eigenvalue weighted by molar-refractivity contribution is 0.193. The van der Waals surface area contributed by atoms with E-state index in [9.17, 15) is 0 Å². The zero-order chi connectivity index (χ0) is 9.84. The van der Waals surface area contributed by atoms with Gasteiger partial charge in [-0.25, -0.2) is 0 Å². The number of allylic oxidation sites excluding steroid dienone is 1. The van der Waals surface area contributed by atoms with Gasteiger partial charge in [0.15, 0.2) is 5.88 Å². The van der Waals surface area contributed by atoms with Crippen molar-refractivity contribution in [2.45, 2.75) is 6.92 Å². The standard InChI is InChI=1S/C9H14N2O2/c1-5-7-10-8(12-3)6-9(13-4)11(7)2/h5-6H,1-4H3. The summed E-state index contributed by atoms with van der Waals surface area (Å²) in [5.74, 6) is 2.10. The number of methoxy groups -OCH3 is 2. The first kappa shape index (κ1) is 9.64. The minimum absolute atomic E-state index is 0.558.